The smallest absolute Gasteiger partial charge is 0.274 e. The van der Waals surface area contributed by atoms with Crippen molar-refractivity contribution in [1.82, 2.24) is 4.90 Å². The van der Waals surface area contributed by atoms with Gasteiger partial charge in [0.15, 0.2) is 5.72 Å². The minimum absolute atomic E-state index is 0.00524. The lowest BCUT2D eigenvalue weighted by Gasteiger charge is -2.26. The van der Waals surface area contributed by atoms with Crippen LogP contribution in [0.2, 0.25) is 0 Å². The summed E-state index contributed by atoms with van der Waals surface area (Å²) in [6.45, 7) is 3.29. The Hall–Kier alpha value is -4.05. The number of epoxide rings is 1. The summed E-state index contributed by atoms with van der Waals surface area (Å²) in [4.78, 5) is 27.3. The SMILES string of the molecule is N=C(C(=O)Nc1ccc(C2(N)CO2)cc1)c1ccccc1NCc1ccc(C(=O)N2CCOCC2)cc1. The monoisotopic (exact) mass is 499 g/mol. The molecule has 5 N–H and O–H groups in total. The topological polar surface area (TPSA) is 133 Å². The van der Waals surface area contributed by atoms with E-state index in [1.165, 1.54) is 0 Å². The molecule has 5 rings (SSSR count). The van der Waals surface area contributed by atoms with Crippen molar-refractivity contribution < 1.29 is 19.1 Å². The first-order chi connectivity index (χ1) is 17.9. The number of anilines is 2. The van der Waals surface area contributed by atoms with Crippen molar-refractivity contribution in [3.05, 3.63) is 95.1 Å². The van der Waals surface area contributed by atoms with Crippen molar-refractivity contribution in [1.29, 1.82) is 5.41 Å². The fourth-order valence-electron chi connectivity index (χ4n) is 4.16. The Balaban J connectivity index is 1.20. The van der Waals surface area contributed by atoms with Crippen LogP contribution >= 0.6 is 0 Å². The summed E-state index contributed by atoms with van der Waals surface area (Å²) in [6, 6.07) is 21.8. The van der Waals surface area contributed by atoms with Gasteiger partial charge < -0.3 is 25.0 Å². The molecule has 2 fully saturated rings. The summed E-state index contributed by atoms with van der Waals surface area (Å²) in [5, 5.41) is 14.6. The zero-order valence-corrected chi connectivity index (χ0v) is 20.3. The van der Waals surface area contributed by atoms with Gasteiger partial charge in [0.1, 0.15) is 5.71 Å². The van der Waals surface area contributed by atoms with Gasteiger partial charge in [0.2, 0.25) is 0 Å². The van der Waals surface area contributed by atoms with Gasteiger partial charge in [-0.25, -0.2) is 0 Å². The second kappa shape index (κ2) is 10.5. The highest BCUT2D eigenvalue weighted by Gasteiger charge is 2.42. The number of nitrogens with zero attached hydrogens (tertiary/aromatic N) is 1. The third-order valence-electron chi connectivity index (χ3n) is 6.49. The Morgan fingerprint density at radius 2 is 1.65 bits per heavy atom. The molecule has 0 radical (unpaired) electrons. The van der Waals surface area contributed by atoms with Gasteiger partial charge in [-0.3, -0.25) is 20.7 Å². The highest BCUT2D eigenvalue weighted by atomic mass is 16.6. The molecule has 0 spiro atoms. The van der Waals surface area contributed by atoms with Gasteiger partial charge in [-0.1, -0.05) is 42.5 Å². The number of para-hydroxylation sites is 1. The van der Waals surface area contributed by atoms with E-state index in [0.29, 0.717) is 62.0 Å². The molecule has 0 aromatic heterocycles. The molecular weight excluding hydrogens is 470 g/mol. The second-order valence-electron chi connectivity index (χ2n) is 9.09. The molecule has 1 unspecified atom stereocenters. The lowest BCUT2D eigenvalue weighted by Crippen LogP contribution is -2.40. The molecule has 37 heavy (non-hydrogen) atoms. The number of benzene rings is 3. The summed E-state index contributed by atoms with van der Waals surface area (Å²) in [5.41, 5.74) is 9.32. The van der Waals surface area contributed by atoms with E-state index in [2.05, 4.69) is 10.6 Å². The van der Waals surface area contributed by atoms with Crippen LogP contribution in [-0.4, -0.2) is 55.3 Å². The highest BCUT2D eigenvalue weighted by molar-refractivity contribution is 6.48. The van der Waals surface area contributed by atoms with Crippen LogP contribution in [0.5, 0.6) is 0 Å². The van der Waals surface area contributed by atoms with Crippen LogP contribution in [0.25, 0.3) is 0 Å². The molecule has 3 aromatic carbocycles. The number of nitrogens with one attached hydrogen (secondary N) is 3. The Morgan fingerprint density at radius 1 is 0.973 bits per heavy atom. The number of hydrogen-bond donors (Lipinski definition) is 4. The zero-order chi connectivity index (χ0) is 25.8. The van der Waals surface area contributed by atoms with E-state index in [0.717, 1.165) is 11.1 Å². The number of amides is 2. The van der Waals surface area contributed by atoms with Crippen molar-refractivity contribution in [3.63, 3.8) is 0 Å². The quantitative estimate of drug-likeness (QED) is 0.278. The summed E-state index contributed by atoms with van der Waals surface area (Å²) in [5.74, 6) is -0.510. The minimum Gasteiger partial charge on any atom is -0.380 e. The van der Waals surface area contributed by atoms with Crippen LogP contribution in [0.4, 0.5) is 11.4 Å². The molecule has 2 amide bonds. The van der Waals surface area contributed by atoms with Crippen molar-refractivity contribution in [2.45, 2.75) is 12.3 Å². The first-order valence-corrected chi connectivity index (χ1v) is 12.2. The molecule has 1 atom stereocenters. The maximum Gasteiger partial charge on any atom is 0.274 e. The molecule has 2 heterocycles. The molecule has 0 bridgehead atoms. The number of morpholine rings is 1. The van der Waals surface area contributed by atoms with Crippen molar-refractivity contribution in [3.8, 4) is 0 Å². The number of nitrogens with two attached hydrogens (primary N) is 1. The van der Waals surface area contributed by atoms with Crippen LogP contribution in [0.15, 0.2) is 72.8 Å². The fourth-order valence-corrected chi connectivity index (χ4v) is 4.16. The molecular formula is C28H29N5O4. The van der Waals surface area contributed by atoms with Gasteiger partial charge in [-0.05, 0) is 35.9 Å². The average Bonchev–Trinajstić information content (AvgIpc) is 3.70. The van der Waals surface area contributed by atoms with E-state index in [1.807, 2.05) is 48.5 Å². The number of rotatable bonds is 8. The van der Waals surface area contributed by atoms with Gasteiger partial charge >= 0.3 is 0 Å². The van der Waals surface area contributed by atoms with Gasteiger partial charge in [-0.15, -0.1) is 0 Å². The van der Waals surface area contributed by atoms with E-state index in [9.17, 15) is 9.59 Å². The molecule has 9 nitrogen and oxygen atoms in total. The number of hydrogen-bond acceptors (Lipinski definition) is 7. The molecule has 2 aliphatic heterocycles. The molecule has 0 saturated carbocycles. The summed E-state index contributed by atoms with van der Waals surface area (Å²) < 4.78 is 10.6. The minimum atomic E-state index is -0.724. The van der Waals surface area contributed by atoms with E-state index < -0.39 is 11.6 Å². The first kappa shape index (κ1) is 24.6. The molecule has 190 valence electrons. The third kappa shape index (κ3) is 5.69. The number of carbonyl (C=O) groups excluding carboxylic acids is 2. The van der Waals surface area contributed by atoms with E-state index in [-0.39, 0.29) is 11.6 Å². The molecule has 0 aliphatic carbocycles. The van der Waals surface area contributed by atoms with Crippen LogP contribution in [-0.2, 0) is 26.5 Å². The maximum absolute atomic E-state index is 12.8. The molecule has 2 aliphatic rings. The predicted molar refractivity (Wildman–Crippen MR) is 141 cm³/mol. The standard InChI is InChI=1S/C28H29N5O4/c29-25(26(34)32-22-11-9-21(10-12-22)28(30)18-37-28)23-3-1-2-4-24(23)31-17-19-5-7-20(8-6-19)27(35)33-13-15-36-16-14-33/h1-12,29,31H,13-18,30H2,(H,32,34). The van der Waals surface area contributed by atoms with Gasteiger partial charge in [0.05, 0.1) is 19.8 Å². The second-order valence-corrected chi connectivity index (χ2v) is 9.09. The van der Waals surface area contributed by atoms with E-state index >= 15 is 0 Å². The van der Waals surface area contributed by atoms with Crippen LogP contribution in [0.1, 0.15) is 27.0 Å². The number of carbonyl (C=O) groups is 2. The normalized spacial score (nSPS) is 18.7. The van der Waals surface area contributed by atoms with Crippen LogP contribution in [0.3, 0.4) is 0 Å². The summed E-state index contributed by atoms with van der Waals surface area (Å²) in [6.07, 6.45) is 0. The average molecular weight is 500 g/mol. The molecule has 3 aromatic rings. The van der Waals surface area contributed by atoms with Crippen molar-refractivity contribution in [2.24, 2.45) is 5.73 Å². The predicted octanol–water partition coefficient (Wildman–Crippen LogP) is 2.92. The van der Waals surface area contributed by atoms with Crippen LogP contribution < -0.4 is 16.4 Å². The lowest BCUT2D eigenvalue weighted by molar-refractivity contribution is -0.110. The lowest BCUT2D eigenvalue weighted by atomic mass is 10.1. The third-order valence-corrected chi connectivity index (χ3v) is 6.49. The molecule has 9 heteroatoms. The van der Waals surface area contributed by atoms with E-state index in [1.54, 1.807) is 29.2 Å². The van der Waals surface area contributed by atoms with Crippen LogP contribution in [0, 0.1) is 5.41 Å². The maximum atomic E-state index is 12.8. The summed E-state index contributed by atoms with van der Waals surface area (Å²) >= 11 is 0. The Morgan fingerprint density at radius 3 is 2.32 bits per heavy atom. The Kier molecular flexibility index (Phi) is 7.00. The Labute approximate surface area is 215 Å². The fraction of sp³-hybridized carbons (Fsp3) is 0.250. The van der Waals surface area contributed by atoms with Gasteiger partial charge in [-0.2, -0.15) is 0 Å². The van der Waals surface area contributed by atoms with E-state index in [4.69, 9.17) is 20.6 Å². The van der Waals surface area contributed by atoms with Crippen molar-refractivity contribution in [2.75, 3.05) is 43.5 Å². The Bertz CT molecular complexity index is 1300. The summed E-state index contributed by atoms with van der Waals surface area (Å²) in [7, 11) is 0. The van der Waals surface area contributed by atoms with Crippen molar-refractivity contribution >= 4 is 28.9 Å². The highest BCUT2D eigenvalue weighted by Crippen LogP contribution is 2.33. The van der Waals surface area contributed by atoms with Gasteiger partial charge in [0, 0.05) is 47.7 Å². The first-order valence-electron chi connectivity index (χ1n) is 12.2. The van der Waals surface area contributed by atoms with Gasteiger partial charge in [0.25, 0.3) is 11.8 Å². The zero-order valence-electron chi connectivity index (χ0n) is 20.3. The molecule has 2 saturated heterocycles. The largest absolute Gasteiger partial charge is 0.380 e. The number of ether oxygens (including phenoxy) is 2.